The Bertz CT molecular complexity index is 402. The van der Waals surface area contributed by atoms with Crippen LogP contribution in [0.4, 0.5) is 13.2 Å². The van der Waals surface area contributed by atoms with Gasteiger partial charge in [-0.05, 0) is 0 Å². The summed E-state index contributed by atoms with van der Waals surface area (Å²) in [6, 6.07) is 0. The summed E-state index contributed by atoms with van der Waals surface area (Å²) in [5.41, 5.74) is 2.28. The van der Waals surface area contributed by atoms with Crippen molar-refractivity contribution in [1.29, 1.82) is 0 Å². The molecule has 0 amide bonds. The summed E-state index contributed by atoms with van der Waals surface area (Å²) in [5.74, 6) is -1.12. The van der Waals surface area contributed by atoms with Gasteiger partial charge in [0.25, 0.3) is 5.82 Å². The van der Waals surface area contributed by atoms with E-state index in [0.29, 0.717) is 4.52 Å². The fraction of sp³-hybridized carbons (Fsp3) is 0.250. The molecule has 63 valence electrons. The van der Waals surface area contributed by atoms with Gasteiger partial charge in [-0.3, -0.25) is 0 Å². The molecule has 0 saturated carbocycles. The summed E-state index contributed by atoms with van der Waals surface area (Å²) in [5, 5.41) is 9.52. The van der Waals surface area contributed by atoms with E-state index in [1.54, 1.807) is 0 Å². The van der Waals surface area contributed by atoms with E-state index in [1.807, 2.05) is 0 Å². The number of hydrogen-bond acceptors (Lipinski definition) is 4. The van der Waals surface area contributed by atoms with Gasteiger partial charge in [-0.15, -0.1) is 15.3 Å². The smallest absolute Gasteiger partial charge is 0.178 e. The second-order valence-electron chi connectivity index (χ2n) is 1.91. The Morgan fingerprint density at radius 3 is 2.75 bits per heavy atom. The molecule has 0 fully saturated rings. The SMILES string of the molecule is FC(F)(F)c1nnc2s[c]nn12. The molecule has 0 bridgehead atoms. The van der Waals surface area contributed by atoms with Crippen LogP contribution < -0.4 is 0 Å². The van der Waals surface area contributed by atoms with Crippen LogP contribution in [0.1, 0.15) is 5.82 Å². The van der Waals surface area contributed by atoms with Crippen LogP contribution in [0, 0.1) is 5.51 Å². The number of nitrogens with zero attached hydrogens (tertiary/aromatic N) is 4. The Morgan fingerprint density at radius 2 is 2.08 bits per heavy atom. The zero-order chi connectivity index (χ0) is 8.77. The van der Waals surface area contributed by atoms with Crippen molar-refractivity contribution in [1.82, 2.24) is 19.8 Å². The maximum absolute atomic E-state index is 12.1. The maximum atomic E-state index is 12.1. The van der Waals surface area contributed by atoms with Gasteiger partial charge in [0.2, 0.25) is 4.96 Å². The third-order valence-electron chi connectivity index (χ3n) is 1.14. The molecule has 0 aliphatic heterocycles. The Hall–Kier alpha value is -1.18. The number of halogens is 3. The molecule has 0 aromatic carbocycles. The maximum Gasteiger partial charge on any atom is 0.453 e. The lowest BCUT2D eigenvalue weighted by Gasteiger charge is -1.99. The highest BCUT2D eigenvalue weighted by molar-refractivity contribution is 7.14. The summed E-state index contributed by atoms with van der Waals surface area (Å²) >= 11 is 0.878. The average molecular weight is 193 g/mol. The molecule has 4 nitrogen and oxygen atoms in total. The van der Waals surface area contributed by atoms with Crippen LogP contribution in [0.5, 0.6) is 0 Å². The molecule has 0 unspecified atom stereocenters. The summed E-state index contributed by atoms with van der Waals surface area (Å²) < 4.78 is 36.8. The molecule has 2 heterocycles. The Balaban J connectivity index is 2.69. The van der Waals surface area contributed by atoms with Gasteiger partial charge in [-0.1, -0.05) is 11.3 Å². The lowest BCUT2D eigenvalue weighted by Crippen LogP contribution is -2.11. The van der Waals surface area contributed by atoms with Gasteiger partial charge in [0.15, 0.2) is 5.51 Å². The molecule has 2 aromatic rings. The van der Waals surface area contributed by atoms with Crippen molar-refractivity contribution in [2.45, 2.75) is 6.18 Å². The fourth-order valence-corrected chi connectivity index (χ4v) is 1.20. The van der Waals surface area contributed by atoms with Crippen molar-refractivity contribution in [3.63, 3.8) is 0 Å². The van der Waals surface area contributed by atoms with Gasteiger partial charge in [0.1, 0.15) is 0 Å². The van der Waals surface area contributed by atoms with E-state index >= 15 is 0 Å². The van der Waals surface area contributed by atoms with E-state index in [2.05, 4.69) is 20.8 Å². The van der Waals surface area contributed by atoms with Crippen LogP contribution in [0.25, 0.3) is 4.96 Å². The Kier molecular flexibility index (Phi) is 1.34. The Morgan fingerprint density at radius 1 is 1.33 bits per heavy atom. The number of fused-ring (bicyclic) bond motifs is 1. The molecular weight excluding hydrogens is 193 g/mol. The molecule has 2 rings (SSSR count). The normalized spacial score (nSPS) is 12.6. The summed E-state index contributed by atoms with van der Waals surface area (Å²) in [6.07, 6.45) is -4.51. The van der Waals surface area contributed by atoms with E-state index in [0.717, 1.165) is 11.3 Å². The van der Waals surface area contributed by atoms with Crippen LogP contribution in [0.15, 0.2) is 0 Å². The molecule has 0 atom stereocenters. The van der Waals surface area contributed by atoms with Gasteiger partial charge in [-0.2, -0.15) is 17.7 Å². The minimum atomic E-state index is -4.51. The van der Waals surface area contributed by atoms with Gasteiger partial charge in [0, 0.05) is 0 Å². The molecule has 0 N–H and O–H groups in total. The minimum Gasteiger partial charge on any atom is -0.178 e. The predicted molar refractivity (Wildman–Crippen MR) is 32.5 cm³/mol. The first kappa shape index (κ1) is 7.47. The fourth-order valence-electron chi connectivity index (χ4n) is 0.698. The van der Waals surface area contributed by atoms with Gasteiger partial charge in [-0.25, -0.2) is 0 Å². The second kappa shape index (κ2) is 2.16. The molecule has 0 aliphatic carbocycles. The molecule has 12 heavy (non-hydrogen) atoms. The number of alkyl halides is 3. The van der Waals surface area contributed by atoms with Crippen LogP contribution in [0.3, 0.4) is 0 Å². The van der Waals surface area contributed by atoms with Gasteiger partial charge < -0.3 is 0 Å². The second-order valence-corrected chi connectivity index (χ2v) is 2.66. The van der Waals surface area contributed by atoms with Crippen molar-refractivity contribution in [3.8, 4) is 0 Å². The minimum absolute atomic E-state index is 0.0855. The highest BCUT2D eigenvalue weighted by Crippen LogP contribution is 2.27. The molecular formula is C4F3N4S. The van der Waals surface area contributed by atoms with E-state index in [-0.39, 0.29) is 4.96 Å². The first-order chi connectivity index (χ1) is 5.59. The molecule has 2 aromatic heterocycles. The molecule has 0 aliphatic rings. The van der Waals surface area contributed by atoms with E-state index < -0.39 is 12.0 Å². The number of hydrogen-bond donors (Lipinski definition) is 0. The number of rotatable bonds is 0. The molecule has 0 saturated heterocycles. The van der Waals surface area contributed by atoms with E-state index in [9.17, 15) is 13.2 Å². The summed E-state index contributed by atoms with van der Waals surface area (Å²) in [6.45, 7) is 0. The van der Waals surface area contributed by atoms with Crippen molar-refractivity contribution in [2.75, 3.05) is 0 Å². The lowest BCUT2D eigenvalue weighted by atomic mass is 10.6. The largest absolute Gasteiger partial charge is 0.453 e. The topological polar surface area (TPSA) is 43.1 Å². The van der Waals surface area contributed by atoms with Crippen molar-refractivity contribution in [3.05, 3.63) is 11.3 Å². The summed E-state index contributed by atoms with van der Waals surface area (Å²) in [4.78, 5) is 0.0855. The van der Waals surface area contributed by atoms with Crippen molar-refractivity contribution in [2.24, 2.45) is 0 Å². The van der Waals surface area contributed by atoms with Crippen LogP contribution in [0.2, 0.25) is 0 Å². The Labute approximate surface area is 67.6 Å². The molecule has 8 heteroatoms. The zero-order valence-electron chi connectivity index (χ0n) is 5.33. The average Bonchev–Trinajstić information content (AvgIpc) is 2.37. The third-order valence-corrected chi connectivity index (χ3v) is 1.75. The molecule has 0 spiro atoms. The van der Waals surface area contributed by atoms with E-state index in [4.69, 9.17) is 0 Å². The van der Waals surface area contributed by atoms with Crippen LogP contribution in [-0.2, 0) is 6.18 Å². The van der Waals surface area contributed by atoms with Gasteiger partial charge in [0.05, 0.1) is 0 Å². The van der Waals surface area contributed by atoms with E-state index in [1.165, 1.54) is 0 Å². The third kappa shape index (κ3) is 0.951. The first-order valence-electron chi connectivity index (χ1n) is 2.74. The summed E-state index contributed by atoms with van der Waals surface area (Å²) in [7, 11) is 0. The monoisotopic (exact) mass is 193 g/mol. The quantitative estimate of drug-likeness (QED) is 0.627. The highest BCUT2D eigenvalue weighted by Gasteiger charge is 2.37. The standard InChI is InChI=1S/C4F3N4S/c5-4(6,7)2-9-10-3-11(2)8-1-12-3. The predicted octanol–water partition coefficient (Wildman–Crippen LogP) is 1.00. The first-order valence-corrected chi connectivity index (χ1v) is 3.56. The van der Waals surface area contributed by atoms with Crippen molar-refractivity contribution < 1.29 is 13.2 Å². The number of aromatic nitrogens is 4. The van der Waals surface area contributed by atoms with Gasteiger partial charge >= 0.3 is 6.18 Å². The lowest BCUT2D eigenvalue weighted by molar-refractivity contribution is -0.146. The van der Waals surface area contributed by atoms with Crippen molar-refractivity contribution >= 4 is 16.3 Å². The van der Waals surface area contributed by atoms with Crippen LogP contribution >= 0.6 is 11.3 Å². The zero-order valence-corrected chi connectivity index (χ0v) is 6.15. The highest BCUT2D eigenvalue weighted by atomic mass is 32.1. The molecule has 1 radical (unpaired) electrons. The van der Waals surface area contributed by atoms with Crippen LogP contribution in [-0.4, -0.2) is 19.8 Å².